The Kier molecular flexibility index (Phi) is 11.7. The average Bonchev–Trinajstić information content (AvgIpc) is 2.93. The number of guanidine groups is 1. The van der Waals surface area contributed by atoms with Crippen LogP contribution in [0.5, 0.6) is 0 Å². The minimum atomic E-state index is -3.93. The number of carbonyl (C=O) groups excluding carboxylic acids is 2. The molecule has 3 atom stereocenters. The fourth-order valence-corrected chi connectivity index (χ4v) is 6.00. The zero-order valence-corrected chi connectivity index (χ0v) is 24.3. The number of nitrogens with one attached hydrogen (secondary N) is 2. The first-order valence-corrected chi connectivity index (χ1v) is 15.0. The third-order valence-electron chi connectivity index (χ3n) is 6.47. The smallest absolute Gasteiger partial charge is 0.270 e. The van der Waals surface area contributed by atoms with E-state index in [2.05, 4.69) is 20.1 Å². The zero-order chi connectivity index (χ0) is 30.7. The molecule has 1 fully saturated rings. The van der Waals surface area contributed by atoms with Crippen LogP contribution in [0.25, 0.3) is 0 Å². The summed E-state index contributed by atoms with van der Waals surface area (Å²) in [6, 6.07) is 10.2. The molecule has 2 aromatic rings. The van der Waals surface area contributed by atoms with E-state index in [1.54, 1.807) is 55.6 Å². The van der Waals surface area contributed by atoms with Gasteiger partial charge in [0.15, 0.2) is 11.3 Å². The third-order valence-corrected chi connectivity index (χ3v) is 7.82. The van der Waals surface area contributed by atoms with Crippen LogP contribution in [0.15, 0.2) is 60.0 Å². The van der Waals surface area contributed by atoms with E-state index in [9.17, 15) is 28.1 Å². The number of likely N-dealkylation sites (tertiary alicyclic amines) is 1. The number of nitro groups is 1. The van der Waals surface area contributed by atoms with E-state index in [1.807, 2.05) is 0 Å². The second-order valence-corrected chi connectivity index (χ2v) is 11.5. The molecule has 42 heavy (non-hydrogen) atoms. The maximum atomic E-state index is 13.5. The van der Waals surface area contributed by atoms with Gasteiger partial charge in [0.2, 0.25) is 21.8 Å². The number of sulfonamides is 1. The second kappa shape index (κ2) is 15.2. The highest BCUT2D eigenvalue weighted by molar-refractivity contribution is 7.88. The number of pyridine rings is 1. The summed E-state index contributed by atoms with van der Waals surface area (Å²) < 4.78 is 34.2. The number of hydrogen-bond acceptors (Lipinski definition) is 8. The largest absolute Gasteiger partial charge is 0.364 e. The zero-order valence-electron chi connectivity index (χ0n) is 23.5. The van der Waals surface area contributed by atoms with Crippen molar-refractivity contribution in [3.8, 4) is 0 Å². The van der Waals surface area contributed by atoms with Crippen LogP contribution < -0.4 is 15.8 Å². The number of ether oxygens (including phenoxy) is 1. The Morgan fingerprint density at radius 3 is 2.62 bits per heavy atom. The quantitative estimate of drug-likeness (QED) is 0.121. The van der Waals surface area contributed by atoms with Gasteiger partial charge in [0.25, 0.3) is 5.96 Å². The van der Waals surface area contributed by atoms with Crippen LogP contribution in [0, 0.1) is 10.1 Å². The number of nitrogens with zero attached hydrogens (tertiary/aromatic N) is 5. The summed E-state index contributed by atoms with van der Waals surface area (Å²) in [5.41, 5.74) is 6.99. The topological polar surface area (TPSA) is 202 Å². The summed E-state index contributed by atoms with van der Waals surface area (Å²) in [5.74, 6) is -1.81. The second-order valence-electron chi connectivity index (χ2n) is 9.73. The first-order valence-electron chi connectivity index (χ1n) is 13.3. The highest BCUT2D eigenvalue weighted by atomic mass is 32.2. The van der Waals surface area contributed by atoms with Crippen LogP contribution in [-0.4, -0.2) is 91.1 Å². The molecular weight excluding hydrogens is 568 g/mol. The Bertz CT molecular complexity index is 1340. The fourth-order valence-electron chi connectivity index (χ4n) is 4.67. The predicted molar refractivity (Wildman–Crippen MR) is 153 cm³/mol. The molecular formula is C26H36N8O7S. The molecule has 1 aromatic carbocycles. The predicted octanol–water partition coefficient (Wildman–Crippen LogP) is 0.0203. The van der Waals surface area contributed by atoms with Crippen molar-refractivity contribution >= 4 is 27.8 Å². The number of nitrogens with two attached hydrogens (primary N) is 1. The Labute approximate surface area is 244 Å². The minimum absolute atomic E-state index is 0.0196. The van der Waals surface area contributed by atoms with Gasteiger partial charge in [-0.25, -0.2) is 23.3 Å². The summed E-state index contributed by atoms with van der Waals surface area (Å²) >= 11 is 0. The molecule has 1 saturated heterocycles. The van der Waals surface area contributed by atoms with Crippen molar-refractivity contribution in [2.45, 2.75) is 50.3 Å². The third kappa shape index (κ3) is 9.74. The van der Waals surface area contributed by atoms with Crippen molar-refractivity contribution in [1.29, 1.82) is 0 Å². The molecule has 1 aliphatic rings. The fraction of sp³-hybridized carbons (Fsp3) is 0.462. The van der Waals surface area contributed by atoms with Crippen LogP contribution in [0.3, 0.4) is 0 Å². The van der Waals surface area contributed by atoms with Gasteiger partial charge in [0.05, 0.1) is 18.3 Å². The van der Waals surface area contributed by atoms with Crippen molar-refractivity contribution in [3.63, 3.8) is 0 Å². The van der Waals surface area contributed by atoms with Crippen molar-refractivity contribution in [2.75, 3.05) is 26.7 Å². The molecule has 1 aromatic heterocycles. The molecule has 228 valence electrons. The van der Waals surface area contributed by atoms with E-state index in [0.717, 1.165) is 4.90 Å². The molecule has 16 heteroatoms. The van der Waals surface area contributed by atoms with Crippen LogP contribution >= 0.6 is 0 Å². The number of rotatable bonds is 13. The molecule has 0 aliphatic carbocycles. The number of benzene rings is 1. The number of aromatic nitrogens is 1. The molecule has 0 saturated carbocycles. The summed E-state index contributed by atoms with van der Waals surface area (Å²) in [5, 5.41) is 15.9. The molecule has 0 spiro atoms. The van der Waals surface area contributed by atoms with E-state index in [0.29, 0.717) is 30.5 Å². The van der Waals surface area contributed by atoms with Crippen LogP contribution in [-0.2, 0) is 36.5 Å². The molecule has 4 N–H and O–H groups in total. The minimum Gasteiger partial charge on any atom is -0.364 e. The number of carbonyl (C=O) groups is 2. The summed E-state index contributed by atoms with van der Waals surface area (Å²) in [4.78, 5) is 43.9. The Hall–Kier alpha value is -4.15. The molecule has 0 radical (unpaired) electrons. The molecule has 15 nitrogen and oxygen atoms in total. The van der Waals surface area contributed by atoms with Crippen molar-refractivity contribution in [3.05, 3.63) is 76.1 Å². The monoisotopic (exact) mass is 604 g/mol. The van der Waals surface area contributed by atoms with E-state index in [-0.39, 0.29) is 31.3 Å². The van der Waals surface area contributed by atoms with Crippen molar-refractivity contribution in [2.24, 2.45) is 10.8 Å². The molecule has 0 bridgehead atoms. The Balaban J connectivity index is 1.71. The standard InChI is InChI=1S/C26H36N8O7S/c1-3-41-25-21(12-8-14-33(25)26(27)30-34(37)38)29-23(35)17-32(2)24(36)22(15-20-11-7-13-28-16-20)31-42(39,40)18-19-9-5-4-6-10-19/h4-7,9-11,13,16,21-22,25,31H,3,8,12,14-15,17-18H2,1-2H3,(H2,27,30)(H,29,35). The van der Waals surface area contributed by atoms with Gasteiger partial charge in [-0.15, -0.1) is 0 Å². The van der Waals surface area contributed by atoms with Gasteiger partial charge in [0, 0.05) is 32.6 Å². The summed E-state index contributed by atoms with van der Waals surface area (Å²) in [6.45, 7) is 1.95. The van der Waals surface area contributed by atoms with Crippen molar-refractivity contribution in [1.82, 2.24) is 24.8 Å². The molecule has 3 rings (SSSR count). The van der Waals surface area contributed by atoms with Gasteiger partial charge in [-0.05, 0) is 43.4 Å². The van der Waals surface area contributed by atoms with Crippen LogP contribution in [0.4, 0.5) is 0 Å². The lowest BCUT2D eigenvalue weighted by Gasteiger charge is -2.40. The highest BCUT2D eigenvalue weighted by Crippen LogP contribution is 2.19. The lowest BCUT2D eigenvalue weighted by molar-refractivity contribution is -0.486. The van der Waals surface area contributed by atoms with Gasteiger partial charge in [0.1, 0.15) is 11.1 Å². The van der Waals surface area contributed by atoms with Crippen LogP contribution in [0.1, 0.15) is 30.9 Å². The normalized spacial score (nSPS) is 18.2. The first-order chi connectivity index (χ1) is 20.0. The van der Waals surface area contributed by atoms with Gasteiger partial charge in [-0.2, -0.15) is 0 Å². The molecule has 1 aliphatic heterocycles. The number of amides is 2. The molecule has 2 amide bonds. The lowest BCUT2D eigenvalue weighted by Crippen LogP contribution is -2.61. The lowest BCUT2D eigenvalue weighted by atomic mass is 10.0. The number of likely N-dealkylation sites (N-methyl/N-ethyl adjacent to an activating group) is 1. The molecule has 2 heterocycles. The number of hydrogen-bond donors (Lipinski definition) is 3. The summed E-state index contributed by atoms with van der Waals surface area (Å²) in [7, 11) is -2.53. The molecule has 3 unspecified atom stereocenters. The van der Waals surface area contributed by atoms with Gasteiger partial charge >= 0.3 is 0 Å². The maximum absolute atomic E-state index is 13.5. The first kappa shape index (κ1) is 32.4. The summed E-state index contributed by atoms with van der Waals surface area (Å²) in [6.07, 6.45) is 3.36. The SMILES string of the molecule is CCOC1C(NC(=O)CN(C)C(=O)C(Cc2cccnc2)NS(=O)(=O)Cc2ccccc2)CCCN1/C(N)=N/[N+](=O)[O-]. The highest BCUT2D eigenvalue weighted by Gasteiger charge is 2.36. The van der Waals surface area contributed by atoms with E-state index in [4.69, 9.17) is 10.5 Å². The maximum Gasteiger partial charge on any atom is 0.270 e. The van der Waals surface area contributed by atoms with E-state index >= 15 is 0 Å². The number of piperidine rings is 1. The number of hydrazone groups is 1. The van der Waals surface area contributed by atoms with Crippen molar-refractivity contribution < 1.29 is 27.8 Å². The van der Waals surface area contributed by atoms with Crippen LogP contribution in [0.2, 0.25) is 0 Å². The Morgan fingerprint density at radius 1 is 1.26 bits per heavy atom. The van der Waals surface area contributed by atoms with Gasteiger partial charge in [-0.1, -0.05) is 36.4 Å². The van der Waals surface area contributed by atoms with E-state index < -0.39 is 45.2 Å². The van der Waals surface area contributed by atoms with E-state index in [1.165, 1.54) is 18.1 Å². The Morgan fingerprint density at radius 2 is 1.98 bits per heavy atom. The average molecular weight is 605 g/mol. The van der Waals surface area contributed by atoms with Gasteiger partial charge in [-0.3, -0.25) is 14.6 Å². The van der Waals surface area contributed by atoms with Gasteiger partial charge < -0.3 is 25.6 Å².